The number of hydrazone groups is 1. The predicted octanol–water partition coefficient (Wildman–Crippen LogP) is 2.24. The molecule has 146 valence electrons. The van der Waals surface area contributed by atoms with E-state index in [9.17, 15) is 19.5 Å². The molecule has 1 aromatic heterocycles. The molecule has 0 atom stereocenters. The van der Waals surface area contributed by atoms with Gasteiger partial charge in [0, 0.05) is 13.0 Å². The van der Waals surface area contributed by atoms with Crippen LogP contribution in [0.3, 0.4) is 0 Å². The summed E-state index contributed by atoms with van der Waals surface area (Å²) >= 11 is 0. The molecule has 0 aliphatic carbocycles. The molecule has 1 heterocycles. The van der Waals surface area contributed by atoms with Crippen molar-refractivity contribution in [2.45, 2.75) is 78.2 Å². The number of carbonyl (C=O) groups is 1. The highest BCUT2D eigenvalue weighted by atomic mass is 16.3. The second kappa shape index (κ2) is 12.1. The molecule has 0 saturated heterocycles. The lowest BCUT2D eigenvalue weighted by atomic mass is 10.1. The molecule has 0 aliphatic heterocycles. The Kier molecular flexibility index (Phi) is 10.0. The Bertz CT molecular complexity index is 706. The first-order valence-corrected chi connectivity index (χ1v) is 9.39. The number of aromatic hydroxyl groups is 1. The Morgan fingerprint density at radius 2 is 1.77 bits per heavy atom. The van der Waals surface area contributed by atoms with E-state index in [1.807, 2.05) is 0 Å². The predicted molar refractivity (Wildman–Crippen MR) is 102 cm³/mol. The number of hydrogen-bond donors (Lipinski definition) is 3. The van der Waals surface area contributed by atoms with Gasteiger partial charge in [-0.1, -0.05) is 52.4 Å². The highest BCUT2D eigenvalue weighted by Gasteiger charge is 2.12. The topological polar surface area (TPSA) is 117 Å². The average molecular weight is 366 g/mol. The first-order valence-electron chi connectivity index (χ1n) is 9.39. The van der Waals surface area contributed by atoms with Crippen molar-refractivity contribution < 1.29 is 9.90 Å². The van der Waals surface area contributed by atoms with Crippen LogP contribution in [-0.2, 0) is 11.3 Å². The minimum absolute atomic E-state index is 0.147. The van der Waals surface area contributed by atoms with Crippen molar-refractivity contribution in [2.75, 3.05) is 0 Å². The maximum absolute atomic E-state index is 11.9. The van der Waals surface area contributed by atoms with Gasteiger partial charge in [0.25, 0.3) is 5.56 Å². The van der Waals surface area contributed by atoms with Crippen LogP contribution in [0.25, 0.3) is 0 Å². The molecule has 1 aromatic rings. The number of carbonyl (C=O) groups excluding carboxylic acids is 1. The summed E-state index contributed by atoms with van der Waals surface area (Å²) in [5, 5.41) is 13.9. The third-order valence-electron chi connectivity index (χ3n) is 4.08. The Morgan fingerprint density at radius 1 is 1.12 bits per heavy atom. The van der Waals surface area contributed by atoms with Crippen LogP contribution in [0.2, 0.25) is 0 Å². The van der Waals surface area contributed by atoms with Crippen LogP contribution in [-0.4, -0.2) is 26.8 Å². The van der Waals surface area contributed by atoms with E-state index in [0.29, 0.717) is 13.0 Å². The zero-order valence-electron chi connectivity index (χ0n) is 15.7. The van der Waals surface area contributed by atoms with E-state index in [0.717, 1.165) is 62.1 Å². The smallest absolute Gasteiger partial charge is 0.331 e. The van der Waals surface area contributed by atoms with Crippen LogP contribution in [0.5, 0.6) is 5.88 Å². The normalized spacial score (nSPS) is 11.2. The van der Waals surface area contributed by atoms with E-state index < -0.39 is 17.1 Å². The lowest BCUT2D eigenvalue weighted by molar-refractivity contribution is -0.121. The van der Waals surface area contributed by atoms with E-state index in [2.05, 4.69) is 29.4 Å². The van der Waals surface area contributed by atoms with Crippen LogP contribution in [0.4, 0.5) is 0 Å². The van der Waals surface area contributed by atoms with Crippen LogP contribution in [0.1, 0.15) is 77.2 Å². The number of rotatable bonds is 12. The molecule has 0 bridgehead atoms. The summed E-state index contributed by atoms with van der Waals surface area (Å²) < 4.78 is 1.12. The maximum Gasteiger partial charge on any atom is 0.331 e. The molecule has 0 spiro atoms. The summed E-state index contributed by atoms with van der Waals surface area (Å²) in [5.41, 5.74) is 0.799. The van der Waals surface area contributed by atoms with E-state index >= 15 is 0 Å². The fraction of sp³-hybridized carbons (Fsp3) is 0.667. The molecule has 1 amide bonds. The maximum atomic E-state index is 11.9. The number of H-pyrrole nitrogens is 1. The Morgan fingerprint density at radius 3 is 2.42 bits per heavy atom. The molecule has 0 saturated carbocycles. The van der Waals surface area contributed by atoms with E-state index in [4.69, 9.17) is 0 Å². The summed E-state index contributed by atoms with van der Waals surface area (Å²) in [7, 11) is 0. The summed E-state index contributed by atoms with van der Waals surface area (Å²) in [6, 6.07) is 0. The van der Waals surface area contributed by atoms with Crippen LogP contribution >= 0.6 is 0 Å². The Labute approximate surface area is 153 Å². The number of unbranched alkanes of at least 4 members (excludes halogenated alkanes) is 6. The van der Waals surface area contributed by atoms with Crippen molar-refractivity contribution >= 4 is 12.1 Å². The first-order chi connectivity index (χ1) is 12.5. The van der Waals surface area contributed by atoms with Crippen molar-refractivity contribution in [1.29, 1.82) is 0 Å². The number of aromatic nitrogens is 2. The molecular weight excluding hydrogens is 336 g/mol. The van der Waals surface area contributed by atoms with Crippen LogP contribution < -0.4 is 16.7 Å². The zero-order chi connectivity index (χ0) is 19.4. The molecule has 0 fully saturated rings. The van der Waals surface area contributed by atoms with Crippen molar-refractivity contribution in [1.82, 2.24) is 15.0 Å². The van der Waals surface area contributed by atoms with Gasteiger partial charge < -0.3 is 5.11 Å². The third kappa shape index (κ3) is 7.25. The molecule has 1 rings (SSSR count). The molecule has 8 nitrogen and oxygen atoms in total. The Hall–Kier alpha value is -2.38. The van der Waals surface area contributed by atoms with Crippen molar-refractivity contribution in [2.24, 2.45) is 5.10 Å². The first kappa shape index (κ1) is 21.7. The minimum atomic E-state index is -0.738. The minimum Gasteiger partial charge on any atom is -0.494 e. The third-order valence-corrected chi connectivity index (χ3v) is 4.08. The van der Waals surface area contributed by atoms with E-state index in [-0.39, 0.29) is 11.5 Å². The number of amides is 1. The number of aromatic amines is 1. The molecule has 0 radical (unpaired) electrons. The van der Waals surface area contributed by atoms with Crippen LogP contribution in [0, 0.1) is 0 Å². The van der Waals surface area contributed by atoms with Crippen molar-refractivity contribution in [3.63, 3.8) is 0 Å². The van der Waals surface area contributed by atoms with Gasteiger partial charge >= 0.3 is 5.69 Å². The van der Waals surface area contributed by atoms with Crippen molar-refractivity contribution in [3.05, 3.63) is 26.4 Å². The lowest BCUT2D eigenvalue weighted by Gasteiger charge is -2.09. The highest BCUT2D eigenvalue weighted by molar-refractivity contribution is 5.83. The second-order valence-electron chi connectivity index (χ2n) is 6.31. The molecule has 26 heavy (non-hydrogen) atoms. The Balaban J connectivity index is 2.72. The highest BCUT2D eigenvalue weighted by Crippen LogP contribution is 2.10. The number of hydrogen-bond acceptors (Lipinski definition) is 5. The largest absolute Gasteiger partial charge is 0.494 e. The lowest BCUT2D eigenvalue weighted by Crippen LogP contribution is -2.32. The van der Waals surface area contributed by atoms with Gasteiger partial charge in [-0.2, -0.15) is 5.10 Å². The van der Waals surface area contributed by atoms with Gasteiger partial charge in [0.05, 0.1) is 6.21 Å². The van der Waals surface area contributed by atoms with Gasteiger partial charge in [-0.15, -0.1) is 0 Å². The zero-order valence-corrected chi connectivity index (χ0v) is 15.7. The quantitative estimate of drug-likeness (QED) is 0.299. The van der Waals surface area contributed by atoms with Gasteiger partial charge in [-0.05, 0) is 12.8 Å². The fourth-order valence-electron chi connectivity index (χ4n) is 2.53. The number of nitrogens with zero attached hydrogens (tertiary/aromatic N) is 2. The van der Waals surface area contributed by atoms with Crippen molar-refractivity contribution in [3.8, 4) is 5.88 Å². The summed E-state index contributed by atoms with van der Waals surface area (Å²) in [6.07, 6.45) is 9.12. The standard InChI is InChI=1S/C18H30N4O4/c1-3-5-7-9-11-15(23)21-19-13-14-16(24)20-18(26)22(17(14)25)12-10-8-6-4-2/h13,25H,3-12H2,1-2H3,(H,21,23)(H,20,24,26)/b19-13+. The molecule has 8 heteroatoms. The summed E-state index contributed by atoms with van der Waals surface area (Å²) in [6.45, 7) is 4.49. The average Bonchev–Trinajstić information content (AvgIpc) is 2.60. The van der Waals surface area contributed by atoms with Gasteiger partial charge in [-0.3, -0.25) is 19.1 Å². The second-order valence-corrected chi connectivity index (χ2v) is 6.31. The fourth-order valence-corrected chi connectivity index (χ4v) is 2.53. The SMILES string of the molecule is CCCCCCC(=O)N/N=C/c1c(O)n(CCCCCC)c(=O)[nH]c1=O. The van der Waals surface area contributed by atoms with Gasteiger partial charge in [-0.25, -0.2) is 10.2 Å². The van der Waals surface area contributed by atoms with Gasteiger partial charge in [0.1, 0.15) is 5.56 Å². The summed E-state index contributed by atoms with van der Waals surface area (Å²) in [4.78, 5) is 37.6. The molecule has 0 aliphatic rings. The van der Waals surface area contributed by atoms with E-state index in [1.165, 1.54) is 0 Å². The van der Waals surface area contributed by atoms with Gasteiger partial charge in [0.15, 0.2) is 0 Å². The summed E-state index contributed by atoms with van der Waals surface area (Å²) in [5.74, 6) is -0.683. The van der Waals surface area contributed by atoms with E-state index in [1.54, 1.807) is 0 Å². The monoisotopic (exact) mass is 366 g/mol. The van der Waals surface area contributed by atoms with Gasteiger partial charge in [0.2, 0.25) is 11.8 Å². The molecule has 0 aromatic carbocycles. The number of nitrogens with one attached hydrogen (secondary N) is 2. The molecule has 3 N–H and O–H groups in total. The molecular formula is C18H30N4O4. The van der Waals surface area contributed by atoms with Crippen LogP contribution in [0.15, 0.2) is 14.7 Å². The molecule has 0 unspecified atom stereocenters.